The van der Waals surface area contributed by atoms with E-state index in [4.69, 9.17) is 10.5 Å². The molecule has 0 aromatic rings. The van der Waals surface area contributed by atoms with E-state index in [0.29, 0.717) is 32.0 Å². The molecule has 3 N–H and O–H groups in total. The lowest BCUT2D eigenvalue weighted by atomic mass is 9.98. The number of hydrogen-bond donors (Lipinski definition) is 2. The lowest BCUT2D eigenvalue weighted by Gasteiger charge is -2.25. The summed E-state index contributed by atoms with van der Waals surface area (Å²) in [6, 6.07) is -0.444. The summed E-state index contributed by atoms with van der Waals surface area (Å²) in [4.78, 5) is 37.6. The molecule has 0 spiro atoms. The minimum atomic E-state index is -0.535. The number of primary amides is 1. The van der Waals surface area contributed by atoms with Gasteiger partial charge in [0.1, 0.15) is 6.04 Å². The highest BCUT2D eigenvalue weighted by Crippen LogP contribution is 2.58. The van der Waals surface area contributed by atoms with E-state index in [1.54, 1.807) is 4.90 Å². The highest BCUT2D eigenvalue weighted by Gasteiger charge is 2.63. The predicted molar refractivity (Wildman–Crippen MR) is 96.0 cm³/mol. The van der Waals surface area contributed by atoms with Gasteiger partial charge in [-0.2, -0.15) is 0 Å². The van der Waals surface area contributed by atoms with Crippen LogP contribution < -0.4 is 11.1 Å². The monoisotopic (exact) mass is 365 g/mol. The maximum absolute atomic E-state index is 12.5. The van der Waals surface area contributed by atoms with Crippen molar-refractivity contribution >= 4 is 17.7 Å². The molecule has 3 aliphatic rings. The number of amides is 3. The largest absolute Gasteiger partial charge is 0.378 e. The SMILES string of the molecule is CC12CC(C(N)=O)N(C(=O)CNC(=O)CCCOC3CCCCC3)C1C2. The van der Waals surface area contributed by atoms with Crippen molar-refractivity contribution < 1.29 is 19.1 Å². The number of nitrogens with one attached hydrogen (secondary N) is 1. The van der Waals surface area contributed by atoms with Crippen LogP contribution in [0.1, 0.15) is 64.7 Å². The predicted octanol–water partition coefficient (Wildman–Crippen LogP) is 1.10. The lowest BCUT2D eigenvalue weighted by molar-refractivity contribution is -0.138. The zero-order valence-corrected chi connectivity index (χ0v) is 15.7. The van der Waals surface area contributed by atoms with Crippen LogP contribution in [0.5, 0.6) is 0 Å². The van der Waals surface area contributed by atoms with Crippen molar-refractivity contribution in [3.8, 4) is 0 Å². The van der Waals surface area contributed by atoms with Gasteiger partial charge in [0, 0.05) is 19.1 Å². The normalized spacial score (nSPS) is 30.7. The summed E-state index contributed by atoms with van der Waals surface area (Å²) in [5.74, 6) is -0.830. The Morgan fingerprint density at radius 3 is 2.62 bits per heavy atom. The van der Waals surface area contributed by atoms with Crippen molar-refractivity contribution in [2.45, 2.75) is 82.9 Å². The summed E-state index contributed by atoms with van der Waals surface area (Å²) in [6.45, 7) is 2.59. The summed E-state index contributed by atoms with van der Waals surface area (Å²) >= 11 is 0. The first kappa shape index (κ1) is 19.1. The van der Waals surface area contributed by atoms with Crippen LogP contribution in [0.3, 0.4) is 0 Å². The molecule has 1 heterocycles. The second-order valence-electron chi connectivity index (χ2n) is 8.31. The van der Waals surface area contributed by atoms with Gasteiger partial charge in [-0.05, 0) is 37.5 Å². The van der Waals surface area contributed by atoms with E-state index in [1.165, 1.54) is 19.3 Å². The molecule has 2 saturated carbocycles. The highest BCUT2D eigenvalue weighted by molar-refractivity contribution is 5.91. The van der Waals surface area contributed by atoms with Crippen molar-refractivity contribution in [2.24, 2.45) is 11.1 Å². The van der Waals surface area contributed by atoms with Gasteiger partial charge in [0.25, 0.3) is 0 Å². The van der Waals surface area contributed by atoms with E-state index in [2.05, 4.69) is 12.2 Å². The van der Waals surface area contributed by atoms with E-state index in [0.717, 1.165) is 19.3 Å². The number of likely N-dealkylation sites (tertiary alicyclic amines) is 1. The molecule has 0 aromatic heterocycles. The number of nitrogens with two attached hydrogens (primary N) is 1. The number of rotatable bonds is 8. The van der Waals surface area contributed by atoms with E-state index >= 15 is 0 Å². The Morgan fingerprint density at radius 1 is 1.19 bits per heavy atom. The number of ether oxygens (including phenoxy) is 1. The van der Waals surface area contributed by atoms with Gasteiger partial charge in [-0.15, -0.1) is 0 Å². The van der Waals surface area contributed by atoms with Crippen molar-refractivity contribution in [3.05, 3.63) is 0 Å². The summed E-state index contributed by atoms with van der Waals surface area (Å²) in [5, 5.41) is 2.67. The molecule has 7 nitrogen and oxygen atoms in total. The van der Waals surface area contributed by atoms with Crippen molar-refractivity contribution in [3.63, 3.8) is 0 Å². The number of carbonyl (C=O) groups is 3. The fourth-order valence-corrected chi connectivity index (χ4v) is 4.45. The van der Waals surface area contributed by atoms with Crippen molar-refractivity contribution in [2.75, 3.05) is 13.2 Å². The number of hydrogen-bond acceptors (Lipinski definition) is 4. The molecular weight excluding hydrogens is 334 g/mol. The van der Waals surface area contributed by atoms with Crippen LogP contribution >= 0.6 is 0 Å². The van der Waals surface area contributed by atoms with Crippen LogP contribution in [-0.4, -0.2) is 54.0 Å². The Hall–Kier alpha value is -1.63. The standard InChI is InChI=1S/C19H31N3O4/c1-19-10-14(18(20)25)22(15(19)11-19)17(24)12-21-16(23)8-5-9-26-13-6-3-2-4-7-13/h13-15H,2-12H2,1H3,(H2,20,25)(H,21,23). The summed E-state index contributed by atoms with van der Waals surface area (Å²) in [6.07, 6.45) is 8.90. The summed E-state index contributed by atoms with van der Waals surface area (Å²) in [5.41, 5.74) is 5.46. The maximum Gasteiger partial charge on any atom is 0.242 e. The van der Waals surface area contributed by atoms with Gasteiger partial charge in [-0.25, -0.2) is 0 Å². The molecule has 0 bridgehead atoms. The molecule has 1 saturated heterocycles. The molecule has 3 fully saturated rings. The van der Waals surface area contributed by atoms with Gasteiger partial charge in [0.2, 0.25) is 17.7 Å². The Balaban J connectivity index is 1.33. The third kappa shape index (κ3) is 4.37. The zero-order valence-electron chi connectivity index (χ0n) is 15.7. The fourth-order valence-electron chi connectivity index (χ4n) is 4.45. The van der Waals surface area contributed by atoms with Gasteiger partial charge in [-0.3, -0.25) is 14.4 Å². The third-order valence-corrected chi connectivity index (χ3v) is 6.14. The fraction of sp³-hybridized carbons (Fsp3) is 0.842. The first-order valence-electron chi connectivity index (χ1n) is 9.89. The molecule has 2 aliphatic carbocycles. The second kappa shape index (κ2) is 7.94. The minimum absolute atomic E-state index is 0.0236. The van der Waals surface area contributed by atoms with Gasteiger partial charge >= 0.3 is 0 Å². The quantitative estimate of drug-likeness (QED) is 0.629. The zero-order chi connectivity index (χ0) is 18.7. The number of piperidine rings is 1. The molecule has 1 aliphatic heterocycles. The van der Waals surface area contributed by atoms with Crippen LogP contribution in [0.2, 0.25) is 0 Å². The van der Waals surface area contributed by atoms with E-state index in [9.17, 15) is 14.4 Å². The summed E-state index contributed by atoms with van der Waals surface area (Å²) in [7, 11) is 0. The van der Waals surface area contributed by atoms with Crippen LogP contribution in [0.25, 0.3) is 0 Å². The smallest absolute Gasteiger partial charge is 0.242 e. The van der Waals surface area contributed by atoms with Crippen molar-refractivity contribution in [1.29, 1.82) is 0 Å². The molecule has 3 atom stereocenters. The average Bonchev–Trinajstić information content (AvgIpc) is 3.18. The van der Waals surface area contributed by atoms with E-state index in [1.807, 2.05) is 0 Å². The Labute approximate surface area is 155 Å². The molecule has 0 aromatic carbocycles. The minimum Gasteiger partial charge on any atom is -0.378 e. The molecule has 26 heavy (non-hydrogen) atoms. The highest BCUT2D eigenvalue weighted by atomic mass is 16.5. The van der Waals surface area contributed by atoms with Gasteiger partial charge in [0.15, 0.2) is 0 Å². The van der Waals surface area contributed by atoms with Crippen LogP contribution in [0.4, 0.5) is 0 Å². The Bertz CT molecular complexity index is 561. The third-order valence-electron chi connectivity index (χ3n) is 6.14. The van der Waals surface area contributed by atoms with E-state index in [-0.39, 0.29) is 29.8 Å². The first-order chi connectivity index (χ1) is 12.4. The van der Waals surface area contributed by atoms with Crippen LogP contribution in [-0.2, 0) is 19.1 Å². The Kier molecular flexibility index (Phi) is 5.85. The number of fused-ring (bicyclic) bond motifs is 1. The van der Waals surface area contributed by atoms with E-state index < -0.39 is 11.9 Å². The molecule has 0 radical (unpaired) electrons. The molecule has 7 heteroatoms. The Morgan fingerprint density at radius 2 is 1.92 bits per heavy atom. The molecule has 3 unspecified atom stereocenters. The topological polar surface area (TPSA) is 102 Å². The van der Waals surface area contributed by atoms with Gasteiger partial charge < -0.3 is 20.7 Å². The van der Waals surface area contributed by atoms with Gasteiger partial charge in [0.05, 0.1) is 12.6 Å². The van der Waals surface area contributed by atoms with Crippen molar-refractivity contribution in [1.82, 2.24) is 10.2 Å². The molecular formula is C19H31N3O4. The molecule has 146 valence electrons. The van der Waals surface area contributed by atoms with Crippen LogP contribution in [0, 0.1) is 5.41 Å². The average molecular weight is 365 g/mol. The number of carbonyl (C=O) groups excluding carboxylic acids is 3. The molecule has 3 amide bonds. The maximum atomic E-state index is 12.5. The van der Waals surface area contributed by atoms with Gasteiger partial charge in [-0.1, -0.05) is 26.2 Å². The lowest BCUT2D eigenvalue weighted by Crippen LogP contribution is -2.49. The van der Waals surface area contributed by atoms with Crippen LogP contribution in [0.15, 0.2) is 0 Å². The first-order valence-corrected chi connectivity index (χ1v) is 9.89. The summed E-state index contributed by atoms with van der Waals surface area (Å²) < 4.78 is 5.80. The second-order valence-corrected chi connectivity index (χ2v) is 8.31. The number of nitrogens with zero attached hydrogens (tertiary/aromatic N) is 1. The molecule has 3 rings (SSSR count).